The first-order valence-electron chi connectivity index (χ1n) is 10.3. The zero-order valence-electron chi connectivity index (χ0n) is 17.1. The summed E-state index contributed by atoms with van der Waals surface area (Å²) in [5.74, 6) is 0.0361. The van der Waals surface area contributed by atoms with Crippen LogP contribution in [0.1, 0.15) is 42.2 Å². The molecule has 2 aromatic heterocycles. The van der Waals surface area contributed by atoms with Crippen molar-refractivity contribution >= 4 is 39.1 Å². The molecular weight excluding hydrogens is 382 g/mol. The maximum atomic E-state index is 13.3. The van der Waals surface area contributed by atoms with E-state index >= 15 is 0 Å². The molecule has 5 nitrogen and oxygen atoms in total. The third-order valence-corrected chi connectivity index (χ3v) is 6.46. The minimum Gasteiger partial charge on any atom is -0.337 e. The molecule has 0 N–H and O–H groups in total. The molecule has 0 atom stereocenters. The highest BCUT2D eigenvalue weighted by molar-refractivity contribution is 7.17. The lowest BCUT2D eigenvalue weighted by Crippen LogP contribution is -2.38. The van der Waals surface area contributed by atoms with Crippen LogP contribution in [0.2, 0.25) is 0 Å². The summed E-state index contributed by atoms with van der Waals surface area (Å²) in [5.41, 5.74) is 3.61. The molecule has 3 aromatic rings. The van der Waals surface area contributed by atoms with Gasteiger partial charge >= 0.3 is 0 Å². The van der Waals surface area contributed by atoms with E-state index in [1.165, 1.54) is 6.42 Å². The SMILES string of the molecule is CCN(C(=O)Cn1c(C(=O)N2CCCCC2)cc2sccc21)c1cccc(C)c1. The van der Waals surface area contributed by atoms with Crippen LogP contribution < -0.4 is 4.90 Å². The van der Waals surface area contributed by atoms with Crippen molar-refractivity contribution in [3.05, 3.63) is 53.0 Å². The van der Waals surface area contributed by atoms with Crippen molar-refractivity contribution in [2.24, 2.45) is 0 Å². The molecule has 1 saturated heterocycles. The quantitative estimate of drug-likeness (QED) is 0.614. The summed E-state index contributed by atoms with van der Waals surface area (Å²) in [7, 11) is 0. The van der Waals surface area contributed by atoms with Crippen LogP contribution in [-0.4, -0.2) is 40.9 Å². The summed E-state index contributed by atoms with van der Waals surface area (Å²) in [6.45, 7) is 6.36. The van der Waals surface area contributed by atoms with Crippen molar-refractivity contribution in [3.8, 4) is 0 Å². The molecule has 6 heteroatoms. The number of nitrogens with zero attached hydrogens (tertiary/aromatic N) is 3. The Morgan fingerprint density at radius 1 is 1.10 bits per heavy atom. The van der Waals surface area contributed by atoms with E-state index < -0.39 is 0 Å². The van der Waals surface area contributed by atoms with Gasteiger partial charge in [0.1, 0.15) is 12.2 Å². The van der Waals surface area contributed by atoms with Gasteiger partial charge in [0.25, 0.3) is 5.91 Å². The van der Waals surface area contributed by atoms with Gasteiger partial charge in [0, 0.05) is 25.3 Å². The molecule has 3 heterocycles. The Kier molecular flexibility index (Phi) is 5.72. The van der Waals surface area contributed by atoms with E-state index in [0.29, 0.717) is 12.2 Å². The topological polar surface area (TPSA) is 45.6 Å². The molecule has 0 aliphatic carbocycles. The number of amides is 2. The van der Waals surface area contributed by atoms with E-state index in [2.05, 4.69) is 0 Å². The van der Waals surface area contributed by atoms with Gasteiger partial charge in [-0.15, -0.1) is 11.3 Å². The van der Waals surface area contributed by atoms with Crippen molar-refractivity contribution < 1.29 is 9.59 Å². The number of piperidine rings is 1. The monoisotopic (exact) mass is 409 g/mol. The van der Waals surface area contributed by atoms with E-state index in [0.717, 1.165) is 47.4 Å². The lowest BCUT2D eigenvalue weighted by Gasteiger charge is -2.27. The van der Waals surface area contributed by atoms with Crippen LogP contribution in [-0.2, 0) is 11.3 Å². The van der Waals surface area contributed by atoms with Crippen LogP contribution in [0.3, 0.4) is 0 Å². The van der Waals surface area contributed by atoms with Crippen LogP contribution >= 0.6 is 11.3 Å². The third-order valence-electron chi connectivity index (χ3n) is 5.61. The molecule has 0 saturated carbocycles. The Hall–Kier alpha value is -2.60. The normalized spacial score (nSPS) is 14.3. The zero-order valence-corrected chi connectivity index (χ0v) is 17.9. The highest BCUT2D eigenvalue weighted by atomic mass is 32.1. The predicted molar refractivity (Wildman–Crippen MR) is 119 cm³/mol. The number of thiophene rings is 1. The van der Waals surface area contributed by atoms with E-state index in [4.69, 9.17) is 0 Å². The molecule has 152 valence electrons. The van der Waals surface area contributed by atoms with Gasteiger partial charge in [-0.1, -0.05) is 12.1 Å². The number of aryl methyl sites for hydroxylation is 1. The number of anilines is 1. The van der Waals surface area contributed by atoms with Crippen molar-refractivity contribution in [2.45, 2.75) is 39.7 Å². The van der Waals surface area contributed by atoms with E-state index in [9.17, 15) is 9.59 Å². The van der Waals surface area contributed by atoms with Gasteiger partial charge in [0.05, 0.1) is 10.2 Å². The first-order chi connectivity index (χ1) is 14.1. The molecule has 1 aliphatic rings. The maximum absolute atomic E-state index is 13.3. The molecule has 4 rings (SSSR count). The summed E-state index contributed by atoms with van der Waals surface area (Å²) in [6.07, 6.45) is 3.29. The summed E-state index contributed by atoms with van der Waals surface area (Å²) >= 11 is 1.61. The van der Waals surface area contributed by atoms with E-state index in [-0.39, 0.29) is 18.4 Å². The number of rotatable bonds is 5. The van der Waals surface area contributed by atoms with Crippen LogP contribution in [0.25, 0.3) is 10.2 Å². The summed E-state index contributed by atoms with van der Waals surface area (Å²) in [4.78, 5) is 30.2. The second kappa shape index (κ2) is 8.41. The average molecular weight is 410 g/mol. The maximum Gasteiger partial charge on any atom is 0.270 e. The van der Waals surface area contributed by atoms with E-state index in [1.54, 1.807) is 16.2 Å². The first-order valence-corrected chi connectivity index (χ1v) is 11.2. The number of carbonyl (C=O) groups is 2. The van der Waals surface area contributed by atoms with Crippen molar-refractivity contribution in [3.63, 3.8) is 0 Å². The van der Waals surface area contributed by atoms with Crippen LogP contribution in [0.4, 0.5) is 5.69 Å². The number of aromatic nitrogens is 1. The molecular formula is C23H27N3O2S. The number of benzene rings is 1. The number of hydrogen-bond donors (Lipinski definition) is 0. The summed E-state index contributed by atoms with van der Waals surface area (Å²) in [5, 5.41) is 2.01. The van der Waals surface area contributed by atoms with Crippen LogP contribution in [0.5, 0.6) is 0 Å². The number of hydrogen-bond acceptors (Lipinski definition) is 3. The molecule has 2 amide bonds. The minimum atomic E-state index is -0.00510. The Morgan fingerprint density at radius 3 is 2.62 bits per heavy atom. The standard InChI is InChI=1S/C23H27N3O2S/c1-3-25(18-9-7-8-17(2)14-18)22(27)16-26-19-10-13-29-21(19)15-20(26)23(28)24-11-5-4-6-12-24/h7-10,13-15H,3-6,11-12,16H2,1-2H3. The van der Waals surface area contributed by atoms with Crippen molar-refractivity contribution in [1.29, 1.82) is 0 Å². The highest BCUT2D eigenvalue weighted by Crippen LogP contribution is 2.27. The Bertz CT molecular complexity index is 1030. The Morgan fingerprint density at radius 2 is 1.90 bits per heavy atom. The molecule has 1 aromatic carbocycles. The molecule has 29 heavy (non-hydrogen) atoms. The Labute approximate surface area is 175 Å². The number of carbonyl (C=O) groups excluding carboxylic acids is 2. The second-order valence-corrected chi connectivity index (χ2v) is 8.56. The van der Waals surface area contributed by atoms with E-state index in [1.807, 2.05) is 65.1 Å². The van der Waals surface area contributed by atoms with Crippen LogP contribution in [0, 0.1) is 6.92 Å². The fourth-order valence-electron chi connectivity index (χ4n) is 4.10. The molecule has 1 aliphatic heterocycles. The largest absolute Gasteiger partial charge is 0.337 e. The van der Waals surface area contributed by atoms with Gasteiger partial charge in [-0.05, 0) is 68.3 Å². The fourth-order valence-corrected chi connectivity index (χ4v) is 4.93. The number of fused-ring (bicyclic) bond motifs is 1. The highest BCUT2D eigenvalue weighted by Gasteiger charge is 2.25. The third kappa shape index (κ3) is 3.94. The molecule has 1 fully saturated rings. The summed E-state index contributed by atoms with van der Waals surface area (Å²) < 4.78 is 2.96. The van der Waals surface area contributed by atoms with Gasteiger partial charge in [-0.2, -0.15) is 0 Å². The smallest absolute Gasteiger partial charge is 0.270 e. The van der Waals surface area contributed by atoms with Crippen molar-refractivity contribution in [2.75, 3.05) is 24.5 Å². The lowest BCUT2D eigenvalue weighted by atomic mass is 10.1. The minimum absolute atomic E-state index is 0.00510. The first kappa shape index (κ1) is 19.7. The van der Waals surface area contributed by atoms with Crippen molar-refractivity contribution in [1.82, 2.24) is 9.47 Å². The van der Waals surface area contributed by atoms with Gasteiger partial charge in [-0.3, -0.25) is 9.59 Å². The molecule has 0 radical (unpaired) electrons. The predicted octanol–water partition coefficient (Wildman–Crippen LogP) is 4.69. The Balaban J connectivity index is 1.65. The van der Waals surface area contributed by atoms with Gasteiger partial charge < -0.3 is 14.4 Å². The zero-order chi connectivity index (χ0) is 20.4. The van der Waals surface area contributed by atoms with Crippen LogP contribution in [0.15, 0.2) is 41.8 Å². The molecule has 0 spiro atoms. The number of likely N-dealkylation sites (N-methyl/N-ethyl adjacent to an activating group) is 1. The van der Waals surface area contributed by atoms with Gasteiger partial charge in [0.2, 0.25) is 5.91 Å². The van der Waals surface area contributed by atoms with Gasteiger partial charge in [0.15, 0.2) is 0 Å². The molecule has 0 unspecified atom stereocenters. The molecule has 0 bridgehead atoms. The summed E-state index contributed by atoms with van der Waals surface area (Å²) in [6, 6.07) is 11.9. The van der Waals surface area contributed by atoms with Gasteiger partial charge in [-0.25, -0.2) is 0 Å². The second-order valence-electron chi connectivity index (χ2n) is 7.62. The lowest BCUT2D eigenvalue weighted by molar-refractivity contribution is -0.119. The fraction of sp³-hybridized carbons (Fsp3) is 0.391. The number of likely N-dealkylation sites (tertiary alicyclic amines) is 1. The average Bonchev–Trinajstić information content (AvgIpc) is 3.31.